The smallest absolute Gasteiger partial charge is 0.217 e. The summed E-state index contributed by atoms with van der Waals surface area (Å²) in [5.41, 5.74) is 2.96. The van der Waals surface area contributed by atoms with Gasteiger partial charge in [0.05, 0.1) is 0 Å². The predicted octanol–water partition coefficient (Wildman–Crippen LogP) is 2.49. The molecule has 0 atom stereocenters. The summed E-state index contributed by atoms with van der Waals surface area (Å²) < 4.78 is 0. The SMILES string of the molecule is Cc1cccc(C(O)(O)c2ccccc2)c1C. The Morgan fingerprint density at radius 3 is 2.12 bits per heavy atom. The van der Waals surface area contributed by atoms with Gasteiger partial charge < -0.3 is 10.2 Å². The third-order valence-electron chi connectivity index (χ3n) is 3.16. The highest BCUT2D eigenvalue weighted by Gasteiger charge is 2.29. The Balaban J connectivity index is 2.56. The molecule has 0 unspecified atom stereocenters. The lowest BCUT2D eigenvalue weighted by Gasteiger charge is -2.25. The van der Waals surface area contributed by atoms with Crippen LogP contribution in [0.25, 0.3) is 0 Å². The molecule has 17 heavy (non-hydrogen) atoms. The zero-order chi connectivity index (χ0) is 12.5. The van der Waals surface area contributed by atoms with Gasteiger partial charge in [-0.3, -0.25) is 0 Å². The fourth-order valence-corrected chi connectivity index (χ4v) is 1.95. The van der Waals surface area contributed by atoms with Gasteiger partial charge in [-0.1, -0.05) is 48.5 Å². The first-order valence-corrected chi connectivity index (χ1v) is 5.60. The molecule has 0 aliphatic carbocycles. The maximum atomic E-state index is 10.3. The van der Waals surface area contributed by atoms with Crippen molar-refractivity contribution in [2.24, 2.45) is 0 Å². The minimum absolute atomic E-state index is 0.480. The fourth-order valence-electron chi connectivity index (χ4n) is 1.95. The topological polar surface area (TPSA) is 40.5 Å². The summed E-state index contributed by atoms with van der Waals surface area (Å²) in [6.07, 6.45) is 0. The van der Waals surface area contributed by atoms with Crippen LogP contribution in [0.1, 0.15) is 22.3 Å². The Morgan fingerprint density at radius 2 is 1.47 bits per heavy atom. The van der Waals surface area contributed by atoms with E-state index in [1.165, 1.54) is 0 Å². The Bertz CT molecular complexity index is 516. The lowest BCUT2D eigenvalue weighted by atomic mass is 9.92. The average molecular weight is 228 g/mol. The van der Waals surface area contributed by atoms with Crippen molar-refractivity contribution in [3.8, 4) is 0 Å². The highest BCUT2D eigenvalue weighted by molar-refractivity contribution is 5.41. The molecule has 0 heterocycles. The summed E-state index contributed by atoms with van der Waals surface area (Å²) in [4.78, 5) is 0. The Labute approximate surface area is 101 Å². The minimum Gasteiger partial charge on any atom is -0.358 e. The normalized spacial score (nSPS) is 11.5. The van der Waals surface area contributed by atoms with Crippen molar-refractivity contribution in [1.82, 2.24) is 0 Å². The summed E-state index contributed by atoms with van der Waals surface area (Å²) in [5.74, 6) is -1.93. The zero-order valence-electron chi connectivity index (χ0n) is 10.0. The van der Waals surface area contributed by atoms with Crippen LogP contribution in [0.15, 0.2) is 48.5 Å². The summed E-state index contributed by atoms with van der Waals surface area (Å²) in [6, 6.07) is 14.4. The molecular weight excluding hydrogens is 212 g/mol. The highest BCUT2D eigenvalue weighted by Crippen LogP contribution is 2.30. The van der Waals surface area contributed by atoms with Gasteiger partial charge >= 0.3 is 0 Å². The Kier molecular flexibility index (Phi) is 3.01. The van der Waals surface area contributed by atoms with E-state index in [1.54, 1.807) is 30.3 Å². The number of aliphatic hydroxyl groups is 2. The second-order valence-electron chi connectivity index (χ2n) is 4.29. The van der Waals surface area contributed by atoms with E-state index in [4.69, 9.17) is 0 Å². The second-order valence-corrected chi connectivity index (χ2v) is 4.29. The summed E-state index contributed by atoms with van der Waals surface area (Å²) >= 11 is 0. The maximum Gasteiger partial charge on any atom is 0.217 e. The maximum absolute atomic E-state index is 10.3. The average Bonchev–Trinajstić information content (AvgIpc) is 2.33. The molecule has 2 aromatic carbocycles. The molecule has 0 saturated heterocycles. The van der Waals surface area contributed by atoms with E-state index >= 15 is 0 Å². The molecule has 2 heteroatoms. The van der Waals surface area contributed by atoms with Gasteiger partial charge in [-0.2, -0.15) is 0 Å². The van der Waals surface area contributed by atoms with E-state index < -0.39 is 5.79 Å². The van der Waals surface area contributed by atoms with Crippen molar-refractivity contribution in [3.63, 3.8) is 0 Å². The third kappa shape index (κ3) is 2.09. The van der Waals surface area contributed by atoms with Crippen LogP contribution >= 0.6 is 0 Å². The monoisotopic (exact) mass is 228 g/mol. The predicted molar refractivity (Wildman–Crippen MR) is 67.6 cm³/mol. The van der Waals surface area contributed by atoms with Crippen molar-refractivity contribution in [2.75, 3.05) is 0 Å². The van der Waals surface area contributed by atoms with E-state index in [0.29, 0.717) is 11.1 Å². The molecule has 0 bridgehead atoms. The number of aryl methyl sites for hydroxylation is 1. The van der Waals surface area contributed by atoms with E-state index in [2.05, 4.69) is 0 Å². The standard InChI is InChI=1S/C15H16O2/c1-11-7-6-10-14(12(11)2)15(16,17)13-8-4-3-5-9-13/h3-10,16-17H,1-2H3. The van der Waals surface area contributed by atoms with Gasteiger partial charge in [-0.05, 0) is 25.0 Å². The van der Waals surface area contributed by atoms with Gasteiger partial charge in [0.25, 0.3) is 0 Å². The van der Waals surface area contributed by atoms with Crippen molar-refractivity contribution in [3.05, 3.63) is 70.8 Å². The lowest BCUT2D eigenvalue weighted by Crippen LogP contribution is -2.27. The first-order chi connectivity index (χ1) is 8.03. The molecule has 2 nitrogen and oxygen atoms in total. The van der Waals surface area contributed by atoms with Crippen LogP contribution in [0.4, 0.5) is 0 Å². The molecule has 0 saturated carbocycles. The minimum atomic E-state index is -1.93. The molecule has 2 aromatic rings. The summed E-state index contributed by atoms with van der Waals surface area (Å²) in [7, 11) is 0. The molecular formula is C15H16O2. The van der Waals surface area contributed by atoms with E-state index in [1.807, 2.05) is 32.0 Å². The van der Waals surface area contributed by atoms with Crippen LogP contribution in [0.3, 0.4) is 0 Å². The molecule has 2 rings (SSSR count). The van der Waals surface area contributed by atoms with Crippen molar-refractivity contribution >= 4 is 0 Å². The molecule has 0 aliphatic rings. The van der Waals surface area contributed by atoms with Gasteiger partial charge in [-0.15, -0.1) is 0 Å². The van der Waals surface area contributed by atoms with Crippen LogP contribution < -0.4 is 0 Å². The quantitative estimate of drug-likeness (QED) is 0.775. The van der Waals surface area contributed by atoms with E-state index in [-0.39, 0.29) is 0 Å². The molecule has 0 aromatic heterocycles. The summed E-state index contributed by atoms with van der Waals surface area (Å²) in [6.45, 7) is 3.86. The Hall–Kier alpha value is -1.64. The van der Waals surface area contributed by atoms with Crippen LogP contribution in [0, 0.1) is 13.8 Å². The molecule has 0 spiro atoms. The molecule has 0 fully saturated rings. The van der Waals surface area contributed by atoms with Crippen LogP contribution in [0.2, 0.25) is 0 Å². The number of rotatable bonds is 2. The number of benzene rings is 2. The molecule has 88 valence electrons. The van der Waals surface area contributed by atoms with Crippen LogP contribution in [-0.2, 0) is 5.79 Å². The lowest BCUT2D eigenvalue weighted by molar-refractivity contribution is -0.132. The largest absolute Gasteiger partial charge is 0.358 e. The van der Waals surface area contributed by atoms with Crippen molar-refractivity contribution in [1.29, 1.82) is 0 Å². The molecule has 0 radical (unpaired) electrons. The fraction of sp³-hybridized carbons (Fsp3) is 0.200. The van der Waals surface area contributed by atoms with Crippen molar-refractivity contribution in [2.45, 2.75) is 19.6 Å². The number of hydrogen-bond donors (Lipinski definition) is 2. The molecule has 0 amide bonds. The van der Waals surface area contributed by atoms with Gasteiger partial charge in [0.1, 0.15) is 0 Å². The first kappa shape index (κ1) is 11.8. The zero-order valence-corrected chi connectivity index (χ0v) is 10.0. The van der Waals surface area contributed by atoms with Crippen molar-refractivity contribution < 1.29 is 10.2 Å². The third-order valence-corrected chi connectivity index (χ3v) is 3.16. The second kappa shape index (κ2) is 4.32. The molecule has 0 aliphatic heterocycles. The van der Waals surface area contributed by atoms with E-state index in [9.17, 15) is 10.2 Å². The Morgan fingerprint density at radius 1 is 0.824 bits per heavy atom. The first-order valence-electron chi connectivity index (χ1n) is 5.60. The van der Waals surface area contributed by atoms with Gasteiger partial charge in [0.2, 0.25) is 5.79 Å². The van der Waals surface area contributed by atoms with Gasteiger partial charge in [0.15, 0.2) is 0 Å². The highest BCUT2D eigenvalue weighted by atomic mass is 16.5. The van der Waals surface area contributed by atoms with Crippen LogP contribution in [0.5, 0.6) is 0 Å². The van der Waals surface area contributed by atoms with Crippen LogP contribution in [-0.4, -0.2) is 10.2 Å². The number of hydrogen-bond acceptors (Lipinski definition) is 2. The van der Waals surface area contributed by atoms with Gasteiger partial charge in [0, 0.05) is 11.1 Å². The molecule has 2 N–H and O–H groups in total. The van der Waals surface area contributed by atoms with E-state index in [0.717, 1.165) is 11.1 Å². The van der Waals surface area contributed by atoms with Gasteiger partial charge in [-0.25, -0.2) is 0 Å². The summed E-state index contributed by atoms with van der Waals surface area (Å²) in [5, 5.41) is 20.6.